The highest BCUT2D eigenvalue weighted by Crippen LogP contribution is 2.27. The summed E-state index contributed by atoms with van der Waals surface area (Å²) in [5, 5.41) is 11.5. The predicted octanol–water partition coefficient (Wildman–Crippen LogP) is -0.941. The van der Waals surface area contributed by atoms with Gasteiger partial charge < -0.3 is 5.11 Å². The molecule has 2 N–H and O–H groups in total. The van der Waals surface area contributed by atoms with Crippen molar-refractivity contribution in [2.45, 2.75) is 18.6 Å². The van der Waals surface area contributed by atoms with E-state index in [0.29, 0.717) is 0 Å². The molecule has 0 aliphatic carbocycles. The van der Waals surface area contributed by atoms with E-state index in [4.69, 9.17) is 0 Å². The van der Waals surface area contributed by atoms with Crippen LogP contribution in [0, 0.1) is 0 Å². The zero-order chi connectivity index (χ0) is 14.4. The molecule has 1 saturated heterocycles. The van der Waals surface area contributed by atoms with Gasteiger partial charge in [0.1, 0.15) is 12.1 Å². The summed E-state index contributed by atoms with van der Waals surface area (Å²) in [5.41, 5.74) is 0.438. The lowest BCUT2D eigenvalue weighted by atomic mass is 10.0. The van der Waals surface area contributed by atoms with Gasteiger partial charge in [-0.3, -0.25) is 29.4 Å². The summed E-state index contributed by atoms with van der Waals surface area (Å²) in [6.07, 6.45) is -1.70. The smallest absolute Gasteiger partial charge is 0.262 e. The minimum atomic E-state index is -1.41. The molecule has 4 amide bonds. The molecule has 3 rings (SSSR count). The summed E-state index contributed by atoms with van der Waals surface area (Å²) in [6.45, 7) is 0. The molecule has 0 saturated carbocycles. The molecule has 2 aliphatic heterocycles. The normalized spacial score (nSPS) is 25.8. The number of carbonyl (C=O) groups excluding carboxylic acids is 4. The average molecular weight is 274 g/mol. The number of amides is 4. The monoisotopic (exact) mass is 274 g/mol. The number of imide groups is 2. The molecule has 1 aromatic rings. The van der Waals surface area contributed by atoms with Crippen molar-refractivity contribution in [1.82, 2.24) is 10.2 Å². The predicted molar refractivity (Wildman–Crippen MR) is 64.5 cm³/mol. The number of nitrogens with zero attached hydrogens (tertiary/aromatic N) is 1. The van der Waals surface area contributed by atoms with Crippen molar-refractivity contribution in [1.29, 1.82) is 0 Å². The molecule has 102 valence electrons. The first-order valence-corrected chi connectivity index (χ1v) is 6.00. The lowest BCUT2D eigenvalue weighted by Crippen LogP contribution is -2.58. The van der Waals surface area contributed by atoms with Crippen LogP contribution in [0.4, 0.5) is 0 Å². The van der Waals surface area contributed by atoms with E-state index in [0.717, 1.165) is 4.90 Å². The van der Waals surface area contributed by atoms with Crippen LogP contribution in [0.25, 0.3) is 0 Å². The third-order valence-electron chi connectivity index (χ3n) is 3.44. The fourth-order valence-corrected chi connectivity index (χ4v) is 2.43. The average Bonchev–Trinajstić information content (AvgIpc) is 2.68. The largest absolute Gasteiger partial charge is 0.383 e. The second-order valence-corrected chi connectivity index (χ2v) is 4.65. The Labute approximate surface area is 113 Å². The van der Waals surface area contributed by atoms with E-state index in [1.54, 1.807) is 12.1 Å². The maximum atomic E-state index is 12.2. The minimum Gasteiger partial charge on any atom is -0.383 e. The molecule has 2 aliphatic rings. The number of nitrogens with one attached hydrogen (secondary N) is 1. The van der Waals surface area contributed by atoms with Crippen molar-refractivity contribution in [3.63, 3.8) is 0 Å². The lowest BCUT2D eigenvalue weighted by Gasteiger charge is -2.30. The van der Waals surface area contributed by atoms with E-state index in [9.17, 15) is 24.3 Å². The number of hydrogen-bond donors (Lipinski definition) is 2. The van der Waals surface area contributed by atoms with Crippen LogP contribution < -0.4 is 5.32 Å². The molecule has 1 aromatic carbocycles. The van der Waals surface area contributed by atoms with Gasteiger partial charge in [-0.15, -0.1) is 0 Å². The molecule has 0 unspecified atom stereocenters. The van der Waals surface area contributed by atoms with E-state index >= 15 is 0 Å². The zero-order valence-electron chi connectivity index (χ0n) is 10.2. The van der Waals surface area contributed by atoms with Crippen molar-refractivity contribution in [2.75, 3.05) is 0 Å². The van der Waals surface area contributed by atoms with Crippen LogP contribution in [0.2, 0.25) is 0 Å². The van der Waals surface area contributed by atoms with E-state index in [2.05, 4.69) is 0 Å². The SMILES string of the molecule is O=C1NC(=O)[C@@H](N2C(=O)c3ccccc3C2=O)C[C@H]1O. The minimum absolute atomic E-state index is 0.219. The number of hydrogen-bond acceptors (Lipinski definition) is 5. The molecule has 2 heterocycles. The topological polar surface area (TPSA) is 104 Å². The van der Waals surface area contributed by atoms with Crippen LogP contribution in [0.15, 0.2) is 24.3 Å². The summed E-state index contributed by atoms with van der Waals surface area (Å²) in [7, 11) is 0. The van der Waals surface area contributed by atoms with Crippen molar-refractivity contribution in [3.05, 3.63) is 35.4 Å². The Bertz CT molecular complexity index is 619. The van der Waals surface area contributed by atoms with Crippen molar-refractivity contribution < 1.29 is 24.3 Å². The van der Waals surface area contributed by atoms with Crippen LogP contribution in [0.5, 0.6) is 0 Å². The van der Waals surface area contributed by atoms with Gasteiger partial charge in [0.05, 0.1) is 11.1 Å². The number of benzene rings is 1. The molecule has 0 aromatic heterocycles. The molecule has 0 bridgehead atoms. The number of aliphatic hydroxyl groups excluding tert-OH is 1. The van der Waals surface area contributed by atoms with Gasteiger partial charge in [-0.1, -0.05) is 12.1 Å². The van der Waals surface area contributed by atoms with Crippen LogP contribution in [0.3, 0.4) is 0 Å². The van der Waals surface area contributed by atoms with Gasteiger partial charge in [-0.2, -0.15) is 0 Å². The van der Waals surface area contributed by atoms with Gasteiger partial charge in [0.15, 0.2) is 0 Å². The molecular weight excluding hydrogens is 264 g/mol. The number of aliphatic hydroxyl groups is 1. The third kappa shape index (κ3) is 1.64. The third-order valence-corrected chi connectivity index (χ3v) is 3.44. The number of piperidine rings is 1. The molecule has 2 atom stereocenters. The first-order valence-electron chi connectivity index (χ1n) is 6.00. The van der Waals surface area contributed by atoms with Crippen LogP contribution in [-0.4, -0.2) is 45.8 Å². The van der Waals surface area contributed by atoms with Gasteiger partial charge in [0.2, 0.25) is 5.91 Å². The highest BCUT2D eigenvalue weighted by atomic mass is 16.3. The summed E-state index contributed by atoms with van der Waals surface area (Å²) < 4.78 is 0. The summed E-state index contributed by atoms with van der Waals surface area (Å²) in [4.78, 5) is 48.2. The Hall–Kier alpha value is -2.54. The van der Waals surface area contributed by atoms with Gasteiger partial charge in [0, 0.05) is 6.42 Å². The fraction of sp³-hybridized carbons (Fsp3) is 0.231. The van der Waals surface area contributed by atoms with Crippen molar-refractivity contribution in [3.8, 4) is 0 Å². The van der Waals surface area contributed by atoms with E-state index in [1.807, 2.05) is 5.32 Å². The Morgan fingerprint density at radius 1 is 1.00 bits per heavy atom. The van der Waals surface area contributed by atoms with E-state index < -0.39 is 35.8 Å². The van der Waals surface area contributed by atoms with Gasteiger partial charge in [-0.25, -0.2) is 0 Å². The maximum Gasteiger partial charge on any atom is 0.262 e. The Kier molecular flexibility index (Phi) is 2.65. The maximum absolute atomic E-state index is 12.2. The van der Waals surface area contributed by atoms with Gasteiger partial charge in [-0.05, 0) is 12.1 Å². The molecule has 7 heteroatoms. The fourth-order valence-electron chi connectivity index (χ4n) is 2.43. The molecule has 1 fully saturated rings. The highest BCUT2D eigenvalue weighted by molar-refractivity contribution is 6.23. The molecular formula is C13H10N2O5. The Morgan fingerprint density at radius 2 is 1.55 bits per heavy atom. The van der Waals surface area contributed by atoms with Crippen molar-refractivity contribution in [2.24, 2.45) is 0 Å². The zero-order valence-corrected chi connectivity index (χ0v) is 10.2. The summed E-state index contributed by atoms with van der Waals surface area (Å²) >= 11 is 0. The Balaban J connectivity index is 1.97. The van der Waals surface area contributed by atoms with Gasteiger partial charge >= 0.3 is 0 Å². The first-order chi connectivity index (χ1) is 9.50. The molecule has 7 nitrogen and oxygen atoms in total. The highest BCUT2D eigenvalue weighted by Gasteiger charge is 2.46. The van der Waals surface area contributed by atoms with Crippen molar-refractivity contribution >= 4 is 23.6 Å². The first kappa shape index (κ1) is 12.5. The van der Waals surface area contributed by atoms with E-state index in [-0.39, 0.29) is 17.5 Å². The number of rotatable bonds is 1. The van der Waals surface area contributed by atoms with E-state index in [1.165, 1.54) is 12.1 Å². The number of carbonyl (C=O) groups is 4. The summed E-state index contributed by atoms with van der Waals surface area (Å²) in [6, 6.07) is 5.06. The standard InChI is InChI=1S/C13H10N2O5/c16-9-5-8(10(17)14-11(9)18)15-12(19)6-3-1-2-4-7(6)13(15)20/h1-4,8-9,16H,5H2,(H,14,17,18)/t8-,9+/m0/s1. The molecule has 0 radical (unpaired) electrons. The second kappa shape index (κ2) is 4.24. The number of fused-ring (bicyclic) bond motifs is 1. The van der Waals surface area contributed by atoms with Gasteiger partial charge in [0.25, 0.3) is 17.7 Å². The molecule has 20 heavy (non-hydrogen) atoms. The quantitative estimate of drug-likeness (QED) is 0.643. The second-order valence-electron chi connectivity index (χ2n) is 4.65. The lowest BCUT2D eigenvalue weighted by molar-refractivity contribution is -0.143. The Morgan fingerprint density at radius 3 is 2.10 bits per heavy atom. The van der Waals surface area contributed by atoms with Crippen LogP contribution in [0.1, 0.15) is 27.1 Å². The van der Waals surface area contributed by atoms with Crippen LogP contribution in [-0.2, 0) is 9.59 Å². The van der Waals surface area contributed by atoms with Crippen LogP contribution >= 0.6 is 0 Å². The summed E-state index contributed by atoms with van der Waals surface area (Å²) in [5.74, 6) is -2.75. The molecule has 0 spiro atoms.